The van der Waals surface area contributed by atoms with Crippen LogP contribution in [0.1, 0.15) is 25.8 Å². The number of anilines is 1. The summed E-state index contributed by atoms with van der Waals surface area (Å²) in [4.78, 5) is 18.1. The lowest BCUT2D eigenvalue weighted by molar-refractivity contribution is -0.118. The lowest BCUT2D eigenvalue weighted by Gasteiger charge is -2.24. The third kappa shape index (κ3) is 3.89. The Morgan fingerprint density at radius 2 is 2.12 bits per heavy atom. The molecule has 1 amide bonds. The number of aliphatic imine (C=N–C) groups is 1. The molecule has 0 aliphatic carbocycles. The Labute approximate surface area is 151 Å². The van der Waals surface area contributed by atoms with E-state index in [0.717, 1.165) is 0 Å². The van der Waals surface area contributed by atoms with Crippen LogP contribution in [-0.4, -0.2) is 42.3 Å². The third-order valence-electron chi connectivity index (χ3n) is 4.30. The summed E-state index contributed by atoms with van der Waals surface area (Å²) in [5.74, 6) is -0.353. The molecule has 1 aromatic rings. The average molecular weight is 384 g/mol. The van der Waals surface area contributed by atoms with E-state index in [0.29, 0.717) is 22.8 Å². The zero-order valence-electron chi connectivity index (χ0n) is 14.4. The van der Waals surface area contributed by atoms with Crippen molar-refractivity contribution in [1.82, 2.24) is 0 Å². The molecule has 0 saturated carbocycles. The Hall–Kier alpha value is -1.41. The number of halogens is 1. The van der Waals surface area contributed by atoms with Crippen molar-refractivity contribution in [1.29, 1.82) is 0 Å². The van der Waals surface area contributed by atoms with Crippen LogP contribution in [0.15, 0.2) is 23.2 Å². The maximum absolute atomic E-state index is 14.0. The molecule has 0 bridgehead atoms. The quantitative estimate of drug-likeness (QED) is 0.802. The van der Waals surface area contributed by atoms with Crippen molar-refractivity contribution in [2.75, 3.05) is 16.4 Å². The molecule has 2 heterocycles. The van der Waals surface area contributed by atoms with Crippen molar-refractivity contribution in [3.8, 4) is 0 Å². The fraction of sp³-hybridized carbons (Fsp3) is 0.529. The number of sulfone groups is 1. The number of hydrogen-bond donors (Lipinski definition) is 0. The minimum atomic E-state index is -3.13. The number of carbonyl (C=O) groups is 1. The molecule has 8 heteroatoms. The van der Waals surface area contributed by atoms with Crippen LogP contribution >= 0.6 is 11.8 Å². The van der Waals surface area contributed by atoms with Crippen LogP contribution in [0.3, 0.4) is 0 Å². The van der Waals surface area contributed by atoms with Crippen LogP contribution in [0.2, 0.25) is 0 Å². The predicted molar refractivity (Wildman–Crippen MR) is 99.3 cm³/mol. The molecule has 2 fully saturated rings. The summed E-state index contributed by atoms with van der Waals surface area (Å²) in [6, 6.07) is 4.46. The van der Waals surface area contributed by atoms with Crippen LogP contribution in [0.25, 0.3) is 0 Å². The van der Waals surface area contributed by atoms with Crippen molar-refractivity contribution in [2.24, 2.45) is 10.9 Å². The van der Waals surface area contributed by atoms with Crippen LogP contribution in [0, 0.1) is 18.7 Å². The molecule has 2 aliphatic heterocycles. The van der Waals surface area contributed by atoms with E-state index in [1.165, 1.54) is 17.8 Å². The van der Waals surface area contributed by atoms with Crippen molar-refractivity contribution in [3.05, 3.63) is 29.6 Å². The molecular formula is C17H21FN2O3S2. The van der Waals surface area contributed by atoms with Gasteiger partial charge in [0.2, 0.25) is 5.91 Å². The molecule has 25 heavy (non-hydrogen) atoms. The first kappa shape index (κ1) is 18.4. The maximum atomic E-state index is 14.0. The fourth-order valence-corrected chi connectivity index (χ4v) is 7.03. The number of thioether (sulfide) groups is 1. The second-order valence-electron chi connectivity index (χ2n) is 6.99. The van der Waals surface area contributed by atoms with Gasteiger partial charge in [0, 0.05) is 17.4 Å². The minimum Gasteiger partial charge on any atom is -0.315 e. The van der Waals surface area contributed by atoms with Gasteiger partial charge in [-0.3, -0.25) is 4.79 Å². The molecule has 0 N–H and O–H groups in total. The molecule has 0 spiro atoms. The average Bonchev–Trinajstić information content (AvgIpc) is 2.92. The summed E-state index contributed by atoms with van der Waals surface area (Å²) in [6.45, 7) is 5.55. The topological polar surface area (TPSA) is 66.8 Å². The highest BCUT2D eigenvalue weighted by Gasteiger charge is 2.49. The van der Waals surface area contributed by atoms with E-state index in [1.807, 2.05) is 13.8 Å². The number of amidine groups is 1. The van der Waals surface area contributed by atoms with Gasteiger partial charge in [-0.05, 0) is 30.5 Å². The zero-order valence-corrected chi connectivity index (χ0v) is 16.0. The summed E-state index contributed by atoms with van der Waals surface area (Å²) >= 11 is 1.31. The molecule has 2 aliphatic rings. The fourth-order valence-electron chi connectivity index (χ4n) is 3.10. The number of amides is 1. The molecule has 2 atom stereocenters. The number of nitrogens with zero attached hydrogens (tertiary/aromatic N) is 2. The van der Waals surface area contributed by atoms with Crippen LogP contribution in [-0.2, 0) is 14.6 Å². The number of rotatable bonds is 3. The Bertz CT molecular complexity index is 836. The van der Waals surface area contributed by atoms with E-state index >= 15 is 0 Å². The second-order valence-corrected chi connectivity index (χ2v) is 10.4. The normalized spacial score (nSPS) is 26.4. The molecule has 2 saturated heterocycles. The predicted octanol–water partition coefficient (Wildman–Crippen LogP) is 2.78. The van der Waals surface area contributed by atoms with Crippen molar-refractivity contribution < 1.29 is 17.6 Å². The third-order valence-corrected chi connectivity index (χ3v) is 7.51. The van der Waals surface area contributed by atoms with Crippen LogP contribution < -0.4 is 4.90 Å². The number of hydrogen-bond acceptors (Lipinski definition) is 4. The molecule has 1 aromatic carbocycles. The maximum Gasteiger partial charge on any atom is 0.248 e. The van der Waals surface area contributed by atoms with Crippen molar-refractivity contribution in [2.45, 2.75) is 38.5 Å². The molecular weight excluding hydrogens is 363 g/mol. The largest absolute Gasteiger partial charge is 0.315 e. The SMILES string of the molecule is Cc1ccc(N2C(=NC(=O)CC(C)C)S[C@@H]3CS(=O)(=O)C[C@H]32)cc1F. The first-order valence-corrected chi connectivity index (χ1v) is 10.9. The van der Waals surface area contributed by atoms with Crippen molar-refractivity contribution in [3.63, 3.8) is 0 Å². The standard InChI is InChI=1S/C17H21FN2O3S2/c1-10(2)6-16(21)19-17-20(12-5-4-11(3)13(18)7-12)14-8-25(22,23)9-15(14)24-17/h4-5,7,10,14-15H,6,8-9H2,1-3H3/t14-,15-/m1/s1. The molecule has 0 radical (unpaired) electrons. The number of carbonyl (C=O) groups excluding carboxylic acids is 1. The minimum absolute atomic E-state index is 0.00243. The van der Waals surface area contributed by atoms with Gasteiger partial charge in [0.1, 0.15) is 5.82 Å². The highest BCUT2D eigenvalue weighted by atomic mass is 32.2. The lowest BCUT2D eigenvalue weighted by Crippen LogP contribution is -2.37. The first-order valence-electron chi connectivity index (χ1n) is 8.20. The van der Waals surface area contributed by atoms with E-state index in [4.69, 9.17) is 0 Å². The Morgan fingerprint density at radius 1 is 1.40 bits per heavy atom. The first-order chi connectivity index (χ1) is 11.7. The monoisotopic (exact) mass is 384 g/mol. The van der Waals surface area contributed by atoms with E-state index in [2.05, 4.69) is 4.99 Å². The molecule has 3 rings (SSSR count). The number of benzene rings is 1. The van der Waals surface area contributed by atoms with Crippen LogP contribution in [0.4, 0.5) is 10.1 Å². The van der Waals surface area contributed by atoms with Gasteiger partial charge in [0.25, 0.3) is 0 Å². The van der Waals surface area contributed by atoms with Gasteiger partial charge in [0.05, 0.1) is 17.5 Å². The van der Waals surface area contributed by atoms with E-state index < -0.39 is 9.84 Å². The van der Waals surface area contributed by atoms with E-state index in [-0.39, 0.29) is 40.4 Å². The Balaban J connectivity index is 1.99. The molecule has 5 nitrogen and oxygen atoms in total. The van der Waals surface area contributed by atoms with Crippen molar-refractivity contribution >= 4 is 38.4 Å². The number of fused-ring (bicyclic) bond motifs is 1. The van der Waals surface area contributed by atoms with Gasteiger partial charge < -0.3 is 4.90 Å². The molecule has 0 unspecified atom stereocenters. The van der Waals surface area contributed by atoms with E-state index in [9.17, 15) is 17.6 Å². The summed E-state index contributed by atoms with van der Waals surface area (Å²) in [6.07, 6.45) is 0.327. The Kier molecular flexibility index (Phi) is 4.94. The smallest absolute Gasteiger partial charge is 0.248 e. The second kappa shape index (κ2) is 6.72. The molecule has 136 valence electrons. The summed E-state index contributed by atoms with van der Waals surface area (Å²) < 4.78 is 38.0. The highest BCUT2D eigenvalue weighted by Crippen LogP contribution is 2.41. The lowest BCUT2D eigenvalue weighted by atomic mass is 10.1. The summed E-state index contributed by atoms with van der Waals surface area (Å²) in [7, 11) is -3.13. The number of aryl methyl sites for hydroxylation is 1. The zero-order chi connectivity index (χ0) is 18.4. The van der Waals surface area contributed by atoms with Gasteiger partial charge >= 0.3 is 0 Å². The summed E-state index contributed by atoms with van der Waals surface area (Å²) in [5.41, 5.74) is 1.05. The van der Waals surface area contributed by atoms with Gasteiger partial charge in [-0.15, -0.1) is 0 Å². The van der Waals surface area contributed by atoms with Gasteiger partial charge in [0.15, 0.2) is 15.0 Å². The Morgan fingerprint density at radius 3 is 2.76 bits per heavy atom. The molecule has 0 aromatic heterocycles. The summed E-state index contributed by atoms with van der Waals surface area (Å²) in [5, 5.41) is 0.291. The van der Waals surface area contributed by atoms with E-state index in [1.54, 1.807) is 24.0 Å². The van der Waals surface area contributed by atoms with Gasteiger partial charge in [-0.25, -0.2) is 12.8 Å². The van der Waals surface area contributed by atoms with Gasteiger partial charge in [-0.1, -0.05) is 31.7 Å². The van der Waals surface area contributed by atoms with Gasteiger partial charge in [-0.2, -0.15) is 4.99 Å². The highest BCUT2D eigenvalue weighted by molar-refractivity contribution is 8.16. The van der Waals surface area contributed by atoms with Crippen LogP contribution in [0.5, 0.6) is 0 Å².